The van der Waals surface area contributed by atoms with Crippen molar-refractivity contribution in [3.63, 3.8) is 0 Å². The van der Waals surface area contributed by atoms with Crippen LogP contribution in [0.5, 0.6) is 0 Å². The fraction of sp³-hybridized carbons (Fsp3) is 0.588. The first-order chi connectivity index (χ1) is 12.0. The van der Waals surface area contributed by atoms with Gasteiger partial charge in [-0.15, -0.1) is 0 Å². The third-order valence-electron chi connectivity index (χ3n) is 4.51. The molecule has 25 heavy (non-hydrogen) atoms. The number of likely N-dealkylation sites (tertiary alicyclic amines) is 1. The second-order valence-electron chi connectivity index (χ2n) is 6.90. The van der Waals surface area contributed by atoms with Gasteiger partial charge in [0.05, 0.1) is 12.2 Å². The van der Waals surface area contributed by atoms with Crippen molar-refractivity contribution in [3.05, 3.63) is 30.2 Å². The normalized spacial score (nSPS) is 17.9. The van der Waals surface area contributed by atoms with Crippen molar-refractivity contribution in [1.29, 1.82) is 0 Å². The lowest BCUT2D eigenvalue weighted by Gasteiger charge is -2.31. The van der Waals surface area contributed by atoms with E-state index in [1.165, 1.54) is 0 Å². The van der Waals surface area contributed by atoms with Crippen LogP contribution in [0.1, 0.15) is 24.5 Å². The van der Waals surface area contributed by atoms with Crippen LogP contribution in [-0.4, -0.2) is 69.1 Å². The van der Waals surface area contributed by atoms with E-state index in [0.717, 1.165) is 38.2 Å². The van der Waals surface area contributed by atoms with Crippen LogP contribution in [0.4, 0.5) is 10.6 Å². The number of amides is 2. The van der Waals surface area contributed by atoms with Crippen LogP contribution in [0.3, 0.4) is 0 Å². The van der Waals surface area contributed by atoms with E-state index in [9.17, 15) is 4.79 Å². The van der Waals surface area contributed by atoms with Crippen molar-refractivity contribution in [3.8, 4) is 0 Å². The molecule has 3 rings (SSSR count). The van der Waals surface area contributed by atoms with E-state index in [-0.39, 0.29) is 6.03 Å². The first kappa shape index (κ1) is 17.5. The second kappa shape index (κ2) is 7.69. The Morgan fingerprint density at radius 2 is 2.16 bits per heavy atom. The van der Waals surface area contributed by atoms with Crippen molar-refractivity contribution in [2.24, 2.45) is 7.05 Å². The number of aryl methyl sites for hydroxylation is 1. The van der Waals surface area contributed by atoms with Crippen LogP contribution in [0, 0.1) is 0 Å². The van der Waals surface area contributed by atoms with Crippen molar-refractivity contribution < 1.29 is 4.79 Å². The minimum absolute atomic E-state index is 0.0847. The number of urea groups is 1. The third kappa shape index (κ3) is 4.60. The van der Waals surface area contributed by atoms with Gasteiger partial charge in [-0.1, -0.05) is 0 Å². The first-order valence-corrected chi connectivity index (χ1v) is 8.75. The molecule has 2 aromatic heterocycles. The average molecular weight is 345 g/mol. The summed E-state index contributed by atoms with van der Waals surface area (Å²) in [5.74, 6) is 0.905. The summed E-state index contributed by atoms with van der Waals surface area (Å²) in [4.78, 5) is 16.5. The molecule has 1 aliphatic heterocycles. The lowest BCUT2D eigenvalue weighted by Crippen LogP contribution is -2.41. The highest BCUT2D eigenvalue weighted by Gasteiger charge is 2.26. The number of hydrogen-bond acceptors (Lipinski definition) is 4. The van der Waals surface area contributed by atoms with E-state index in [4.69, 9.17) is 0 Å². The zero-order valence-corrected chi connectivity index (χ0v) is 15.2. The van der Waals surface area contributed by atoms with Crippen molar-refractivity contribution >= 4 is 11.8 Å². The Balaban J connectivity index is 1.55. The summed E-state index contributed by atoms with van der Waals surface area (Å²) in [6, 6.07) is 3.80. The van der Waals surface area contributed by atoms with E-state index in [0.29, 0.717) is 18.3 Å². The number of anilines is 1. The summed E-state index contributed by atoms with van der Waals surface area (Å²) < 4.78 is 3.66. The number of carbonyl (C=O) groups excluding carboxylic acids is 1. The number of piperidine rings is 1. The molecule has 2 aromatic rings. The molecule has 1 unspecified atom stereocenters. The summed E-state index contributed by atoms with van der Waals surface area (Å²) in [5.41, 5.74) is 1.06. The molecular formula is C17H27N7O. The van der Waals surface area contributed by atoms with Crippen LogP contribution in [0.15, 0.2) is 24.5 Å². The molecule has 1 N–H and O–H groups in total. The molecule has 8 heteroatoms. The molecule has 1 atom stereocenters. The Labute approximate surface area is 148 Å². The maximum Gasteiger partial charge on any atom is 0.323 e. The van der Waals surface area contributed by atoms with Crippen LogP contribution >= 0.6 is 0 Å². The van der Waals surface area contributed by atoms with Gasteiger partial charge in [0.1, 0.15) is 0 Å². The van der Waals surface area contributed by atoms with Crippen LogP contribution < -0.4 is 5.32 Å². The molecule has 0 saturated carbocycles. The van der Waals surface area contributed by atoms with Crippen molar-refractivity contribution in [2.45, 2.75) is 25.3 Å². The molecule has 0 aromatic carbocycles. The molecule has 0 bridgehead atoms. The maximum absolute atomic E-state index is 12.6. The number of nitrogens with one attached hydrogen (secondary N) is 1. The van der Waals surface area contributed by atoms with E-state index in [1.54, 1.807) is 0 Å². The SMILES string of the molecule is CN(C)CCn1ccc(NC(=O)N2CCCC(c3ccn(C)n3)C2)n1. The van der Waals surface area contributed by atoms with Gasteiger partial charge in [0.15, 0.2) is 5.82 Å². The highest BCUT2D eigenvalue weighted by molar-refractivity contribution is 5.88. The number of carbonyl (C=O) groups is 1. The van der Waals surface area contributed by atoms with E-state index < -0.39 is 0 Å². The minimum Gasteiger partial charge on any atom is -0.324 e. The molecule has 0 aliphatic carbocycles. The Bertz CT molecular complexity index is 705. The fourth-order valence-corrected chi connectivity index (χ4v) is 3.10. The Hall–Kier alpha value is -2.35. The Morgan fingerprint density at radius 1 is 1.32 bits per heavy atom. The topological polar surface area (TPSA) is 71.2 Å². The van der Waals surface area contributed by atoms with Gasteiger partial charge in [-0.05, 0) is 33.0 Å². The van der Waals surface area contributed by atoms with Gasteiger partial charge in [0, 0.05) is 51.1 Å². The Kier molecular flexibility index (Phi) is 5.37. The zero-order chi connectivity index (χ0) is 17.8. The summed E-state index contributed by atoms with van der Waals surface area (Å²) in [6.45, 7) is 3.18. The quantitative estimate of drug-likeness (QED) is 0.893. The van der Waals surface area contributed by atoms with Gasteiger partial charge in [-0.3, -0.25) is 14.7 Å². The number of rotatable bonds is 5. The summed E-state index contributed by atoms with van der Waals surface area (Å²) in [7, 11) is 5.98. The monoisotopic (exact) mass is 345 g/mol. The molecular weight excluding hydrogens is 318 g/mol. The molecule has 1 saturated heterocycles. The van der Waals surface area contributed by atoms with Crippen molar-refractivity contribution in [1.82, 2.24) is 29.4 Å². The van der Waals surface area contributed by atoms with E-state index >= 15 is 0 Å². The van der Waals surface area contributed by atoms with Crippen LogP contribution in [-0.2, 0) is 13.6 Å². The van der Waals surface area contributed by atoms with Gasteiger partial charge in [0.25, 0.3) is 0 Å². The number of aromatic nitrogens is 4. The highest BCUT2D eigenvalue weighted by Crippen LogP contribution is 2.25. The number of nitrogens with zero attached hydrogens (tertiary/aromatic N) is 6. The largest absolute Gasteiger partial charge is 0.324 e. The lowest BCUT2D eigenvalue weighted by atomic mass is 9.95. The van der Waals surface area contributed by atoms with Gasteiger partial charge in [-0.25, -0.2) is 4.79 Å². The molecule has 3 heterocycles. The highest BCUT2D eigenvalue weighted by atomic mass is 16.2. The number of likely N-dealkylation sites (N-methyl/N-ethyl adjacent to an activating group) is 1. The molecule has 136 valence electrons. The molecule has 1 fully saturated rings. The van der Waals surface area contributed by atoms with Gasteiger partial charge in [-0.2, -0.15) is 10.2 Å². The smallest absolute Gasteiger partial charge is 0.323 e. The standard InChI is InChI=1S/C17H27N7O/c1-21(2)11-12-24-10-7-16(20-24)18-17(25)23-8-4-5-14(13-23)15-6-9-22(3)19-15/h6-7,9-10,14H,4-5,8,11-13H2,1-3H3,(H,18,20,25). The maximum atomic E-state index is 12.6. The zero-order valence-electron chi connectivity index (χ0n) is 15.2. The average Bonchev–Trinajstić information content (AvgIpc) is 3.22. The fourth-order valence-electron chi connectivity index (χ4n) is 3.10. The van der Waals surface area contributed by atoms with Gasteiger partial charge >= 0.3 is 6.03 Å². The number of hydrogen-bond donors (Lipinski definition) is 1. The Morgan fingerprint density at radius 3 is 2.88 bits per heavy atom. The van der Waals surface area contributed by atoms with Gasteiger partial charge in [0.2, 0.25) is 0 Å². The van der Waals surface area contributed by atoms with E-state index in [2.05, 4.69) is 20.4 Å². The summed E-state index contributed by atoms with van der Waals surface area (Å²) >= 11 is 0. The predicted molar refractivity (Wildman–Crippen MR) is 96.6 cm³/mol. The third-order valence-corrected chi connectivity index (χ3v) is 4.51. The second-order valence-corrected chi connectivity index (χ2v) is 6.90. The predicted octanol–water partition coefficient (Wildman–Crippen LogP) is 1.59. The first-order valence-electron chi connectivity index (χ1n) is 8.75. The molecule has 0 spiro atoms. The molecule has 8 nitrogen and oxygen atoms in total. The summed E-state index contributed by atoms with van der Waals surface area (Å²) in [6.07, 6.45) is 5.91. The van der Waals surface area contributed by atoms with Gasteiger partial charge < -0.3 is 9.80 Å². The molecule has 1 aliphatic rings. The molecule has 2 amide bonds. The van der Waals surface area contributed by atoms with Crippen LogP contribution in [0.25, 0.3) is 0 Å². The van der Waals surface area contributed by atoms with Crippen LogP contribution in [0.2, 0.25) is 0 Å². The molecule has 0 radical (unpaired) electrons. The lowest BCUT2D eigenvalue weighted by molar-refractivity contribution is 0.192. The minimum atomic E-state index is -0.0847. The van der Waals surface area contributed by atoms with Crippen molar-refractivity contribution in [2.75, 3.05) is 39.0 Å². The van der Waals surface area contributed by atoms with E-state index in [1.807, 2.05) is 59.9 Å². The summed E-state index contributed by atoms with van der Waals surface area (Å²) in [5, 5.41) is 11.8.